The maximum atomic E-state index is 13.2. The molecule has 7 heteroatoms. The second-order valence-electron chi connectivity index (χ2n) is 4.59. The molecule has 1 aliphatic heterocycles. The van der Waals surface area contributed by atoms with Gasteiger partial charge in [0.15, 0.2) is 9.84 Å². The molecule has 104 valence electrons. The van der Waals surface area contributed by atoms with Gasteiger partial charge in [-0.25, -0.2) is 12.8 Å². The van der Waals surface area contributed by atoms with Crippen LogP contribution in [0.5, 0.6) is 0 Å². The van der Waals surface area contributed by atoms with Crippen molar-refractivity contribution in [3.8, 4) is 0 Å². The minimum atomic E-state index is -2.89. The standard InChI is InChI=1S/C12H15FN2O2S2/c13-10-2-1-9(11(7-10)12(14)18)8-15-3-5-19(16,17)6-4-15/h1-2,7H,3-6,8H2,(H2,14,18). The van der Waals surface area contributed by atoms with Gasteiger partial charge in [-0.2, -0.15) is 0 Å². The van der Waals surface area contributed by atoms with Gasteiger partial charge in [0, 0.05) is 25.2 Å². The van der Waals surface area contributed by atoms with Gasteiger partial charge in [-0.3, -0.25) is 4.90 Å². The quantitative estimate of drug-likeness (QED) is 0.832. The number of nitrogens with zero attached hydrogens (tertiary/aromatic N) is 1. The van der Waals surface area contributed by atoms with Gasteiger partial charge in [-0.05, 0) is 17.7 Å². The molecular formula is C12H15FN2O2S2. The Morgan fingerprint density at radius 3 is 2.58 bits per heavy atom. The molecular weight excluding hydrogens is 287 g/mol. The zero-order chi connectivity index (χ0) is 14.0. The molecule has 2 rings (SSSR count). The van der Waals surface area contributed by atoms with Gasteiger partial charge < -0.3 is 5.73 Å². The summed E-state index contributed by atoms with van der Waals surface area (Å²) in [5.41, 5.74) is 6.93. The molecule has 0 saturated carbocycles. The van der Waals surface area contributed by atoms with Crippen LogP contribution in [-0.4, -0.2) is 42.9 Å². The summed E-state index contributed by atoms with van der Waals surface area (Å²) in [6.45, 7) is 1.50. The molecule has 0 amide bonds. The van der Waals surface area contributed by atoms with Gasteiger partial charge in [0.25, 0.3) is 0 Å². The molecule has 19 heavy (non-hydrogen) atoms. The van der Waals surface area contributed by atoms with E-state index in [1.165, 1.54) is 12.1 Å². The summed E-state index contributed by atoms with van der Waals surface area (Å²) < 4.78 is 35.9. The first-order chi connectivity index (χ1) is 8.87. The highest BCUT2D eigenvalue weighted by atomic mass is 32.2. The Hall–Kier alpha value is -1.05. The van der Waals surface area contributed by atoms with Crippen LogP contribution in [0.1, 0.15) is 11.1 Å². The van der Waals surface area contributed by atoms with E-state index >= 15 is 0 Å². The Bertz CT molecular complexity index is 588. The Labute approximate surface area is 117 Å². The fourth-order valence-electron chi connectivity index (χ4n) is 2.07. The van der Waals surface area contributed by atoms with Crippen molar-refractivity contribution in [2.24, 2.45) is 5.73 Å². The summed E-state index contributed by atoms with van der Waals surface area (Å²) in [5.74, 6) is -0.0551. The monoisotopic (exact) mass is 302 g/mol. The highest BCUT2D eigenvalue weighted by Gasteiger charge is 2.22. The summed E-state index contributed by atoms with van der Waals surface area (Å²) in [6.07, 6.45) is 0. The molecule has 0 radical (unpaired) electrons. The van der Waals surface area contributed by atoms with E-state index in [0.717, 1.165) is 5.56 Å². The lowest BCUT2D eigenvalue weighted by atomic mass is 10.1. The summed E-state index contributed by atoms with van der Waals surface area (Å²) in [4.78, 5) is 2.16. The van der Waals surface area contributed by atoms with Crippen molar-refractivity contribution in [3.63, 3.8) is 0 Å². The van der Waals surface area contributed by atoms with E-state index < -0.39 is 9.84 Å². The first kappa shape index (κ1) is 14.4. The lowest BCUT2D eigenvalue weighted by molar-refractivity contribution is 0.287. The Morgan fingerprint density at radius 1 is 1.37 bits per heavy atom. The highest BCUT2D eigenvalue weighted by Crippen LogP contribution is 2.15. The van der Waals surface area contributed by atoms with Gasteiger partial charge in [0.05, 0.1) is 11.5 Å². The van der Waals surface area contributed by atoms with Crippen LogP contribution in [0.25, 0.3) is 0 Å². The van der Waals surface area contributed by atoms with Crippen molar-refractivity contribution in [2.75, 3.05) is 24.6 Å². The number of nitrogens with two attached hydrogens (primary N) is 1. The molecule has 1 fully saturated rings. The normalized spacial score (nSPS) is 19.2. The average Bonchev–Trinajstić information content (AvgIpc) is 2.33. The molecule has 0 atom stereocenters. The van der Waals surface area contributed by atoms with Crippen LogP contribution >= 0.6 is 12.2 Å². The van der Waals surface area contributed by atoms with Crippen molar-refractivity contribution in [1.82, 2.24) is 4.90 Å². The molecule has 1 aliphatic rings. The van der Waals surface area contributed by atoms with Crippen LogP contribution < -0.4 is 5.73 Å². The van der Waals surface area contributed by atoms with Gasteiger partial charge in [0.2, 0.25) is 0 Å². The zero-order valence-electron chi connectivity index (χ0n) is 10.3. The molecule has 0 aliphatic carbocycles. The average molecular weight is 302 g/mol. The predicted octanol–water partition coefficient (Wildman–Crippen LogP) is 0.690. The molecule has 1 aromatic rings. The van der Waals surface area contributed by atoms with Crippen molar-refractivity contribution < 1.29 is 12.8 Å². The zero-order valence-corrected chi connectivity index (χ0v) is 11.9. The summed E-state index contributed by atoms with van der Waals surface area (Å²) in [5, 5.41) is 0. The molecule has 1 heterocycles. The second-order valence-corrected chi connectivity index (χ2v) is 7.34. The number of rotatable bonds is 3. The minimum Gasteiger partial charge on any atom is -0.389 e. The molecule has 1 saturated heterocycles. The van der Waals surface area contributed by atoms with E-state index in [1.807, 2.05) is 4.90 Å². The van der Waals surface area contributed by atoms with Crippen LogP contribution in [0.4, 0.5) is 4.39 Å². The van der Waals surface area contributed by atoms with Crippen molar-refractivity contribution in [3.05, 3.63) is 35.1 Å². The number of hydrogen-bond donors (Lipinski definition) is 1. The van der Waals surface area contributed by atoms with Gasteiger partial charge in [-0.15, -0.1) is 0 Å². The first-order valence-electron chi connectivity index (χ1n) is 5.88. The van der Waals surface area contributed by atoms with Crippen LogP contribution in [0.15, 0.2) is 18.2 Å². The van der Waals surface area contributed by atoms with E-state index in [2.05, 4.69) is 0 Å². The maximum absolute atomic E-state index is 13.2. The maximum Gasteiger partial charge on any atom is 0.152 e. The summed E-state index contributed by atoms with van der Waals surface area (Å²) in [6, 6.07) is 4.32. The van der Waals surface area contributed by atoms with E-state index in [0.29, 0.717) is 25.2 Å². The van der Waals surface area contributed by atoms with Crippen molar-refractivity contribution >= 4 is 27.0 Å². The van der Waals surface area contributed by atoms with Gasteiger partial charge >= 0.3 is 0 Å². The predicted molar refractivity (Wildman–Crippen MR) is 76.2 cm³/mol. The van der Waals surface area contributed by atoms with Gasteiger partial charge in [-0.1, -0.05) is 18.3 Å². The summed E-state index contributed by atoms with van der Waals surface area (Å²) >= 11 is 4.91. The van der Waals surface area contributed by atoms with E-state index in [9.17, 15) is 12.8 Å². The van der Waals surface area contributed by atoms with E-state index in [4.69, 9.17) is 18.0 Å². The first-order valence-corrected chi connectivity index (χ1v) is 8.11. The van der Waals surface area contributed by atoms with Crippen LogP contribution in [0.3, 0.4) is 0 Å². The van der Waals surface area contributed by atoms with Crippen molar-refractivity contribution in [1.29, 1.82) is 0 Å². The third-order valence-corrected chi connectivity index (χ3v) is 5.00. The molecule has 0 unspecified atom stereocenters. The van der Waals surface area contributed by atoms with Crippen LogP contribution in [-0.2, 0) is 16.4 Å². The number of benzene rings is 1. The molecule has 0 aromatic heterocycles. The number of sulfone groups is 1. The van der Waals surface area contributed by atoms with Gasteiger partial charge in [0.1, 0.15) is 10.8 Å². The molecule has 4 nitrogen and oxygen atoms in total. The minimum absolute atomic E-state index is 0.152. The van der Waals surface area contributed by atoms with Crippen molar-refractivity contribution in [2.45, 2.75) is 6.54 Å². The number of hydrogen-bond acceptors (Lipinski definition) is 4. The molecule has 2 N–H and O–H groups in total. The summed E-state index contributed by atoms with van der Waals surface area (Å²) in [7, 11) is -2.89. The van der Waals surface area contributed by atoms with E-state index in [1.54, 1.807) is 6.07 Å². The lowest BCUT2D eigenvalue weighted by Gasteiger charge is -2.27. The largest absolute Gasteiger partial charge is 0.389 e. The van der Waals surface area contributed by atoms with E-state index in [-0.39, 0.29) is 22.3 Å². The fourth-order valence-corrected chi connectivity index (χ4v) is 3.53. The van der Waals surface area contributed by atoms with Crippen LogP contribution in [0.2, 0.25) is 0 Å². The number of halogens is 1. The fraction of sp³-hybridized carbons (Fsp3) is 0.417. The van der Waals surface area contributed by atoms with Crippen LogP contribution in [0, 0.1) is 5.82 Å². The third-order valence-electron chi connectivity index (χ3n) is 3.17. The Balaban J connectivity index is 2.14. The Kier molecular flexibility index (Phi) is 4.17. The topological polar surface area (TPSA) is 63.4 Å². The Morgan fingerprint density at radius 2 is 2.00 bits per heavy atom. The second kappa shape index (κ2) is 5.52. The third kappa shape index (κ3) is 3.71. The lowest BCUT2D eigenvalue weighted by Crippen LogP contribution is -2.40. The molecule has 0 spiro atoms. The molecule has 0 bridgehead atoms. The molecule has 1 aromatic carbocycles. The number of thiocarbonyl (C=S) groups is 1. The smallest absolute Gasteiger partial charge is 0.152 e. The SMILES string of the molecule is NC(=S)c1cc(F)ccc1CN1CCS(=O)(=O)CC1. The highest BCUT2D eigenvalue weighted by molar-refractivity contribution is 7.91.